The molecule has 0 aliphatic heterocycles. The van der Waals surface area contributed by atoms with Crippen LogP contribution in [0.5, 0.6) is 11.5 Å². The number of imidazole rings is 1. The number of carbonyl (C=O) groups is 1. The van der Waals surface area contributed by atoms with Gasteiger partial charge in [-0.05, 0) is 12.1 Å². The van der Waals surface area contributed by atoms with Crippen LogP contribution >= 0.6 is 23.2 Å². The third-order valence-corrected chi connectivity index (χ3v) is 4.09. The zero-order valence-corrected chi connectivity index (χ0v) is 15.0. The Morgan fingerprint density at radius 1 is 1.26 bits per heavy atom. The minimum Gasteiger partial charge on any atom is -0.453 e. The maximum Gasteiger partial charge on any atom is 0.271 e. The van der Waals surface area contributed by atoms with Crippen LogP contribution in [0.3, 0.4) is 0 Å². The standard InChI is InChI=1S/C17H12Cl2F2N4O2/c18-12-2-1-8(6-23-17(26)14-16(19)25-7-24-14)13(21)15(12)27-11-4-9(20)3-10(22)5-11/h1-5,7H,6,22H2,(H,23,26)(H,24,25). The maximum atomic E-state index is 14.8. The normalized spacial score (nSPS) is 10.7. The van der Waals surface area contributed by atoms with E-state index in [1.165, 1.54) is 24.5 Å². The van der Waals surface area contributed by atoms with E-state index in [9.17, 15) is 13.6 Å². The Morgan fingerprint density at radius 3 is 2.70 bits per heavy atom. The number of nitrogens with one attached hydrogen (secondary N) is 2. The zero-order chi connectivity index (χ0) is 19.6. The number of amides is 1. The van der Waals surface area contributed by atoms with Crippen molar-refractivity contribution in [2.75, 3.05) is 5.73 Å². The summed E-state index contributed by atoms with van der Waals surface area (Å²) in [6.07, 6.45) is 1.26. The summed E-state index contributed by atoms with van der Waals surface area (Å²) in [4.78, 5) is 18.3. The smallest absolute Gasteiger partial charge is 0.271 e. The largest absolute Gasteiger partial charge is 0.453 e. The molecule has 1 aromatic heterocycles. The first kappa shape index (κ1) is 18.9. The fourth-order valence-corrected chi connectivity index (χ4v) is 2.64. The molecule has 1 amide bonds. The van der Waals surface area contributed by atoms with Gasteiger partial charge < -0.3 is 20.8 Å². The van der Waals surface area contributed by atoms with Crippen molar-refractivity contribution in [1.29, 1.82) is 0 Å². The summed E-state index contributed by atoms with van der Waals surface area (Å²) in [6, 6.07) is 6.25. The topological polar surface area (TPSA) is 93.0 Å². The van der Waals surface area contributed by atoms with E-state index in [1.807, 2.05) is 0 Å². The molecule has 0 radical (unpaired) electrons. The van der Waals surface area contributed by atoms with Crippen molar-refractivity contribution in [3.63, 3.8) is 0 Å². The Hall–Kier alpha value is -2.84. The summed E-state index contributed by atoms with van der Waals surface area (Å²) in [5.41, 5.74) is 5.81. The number of carbonyl (C=O) groups excluding carboxylic acids is 1. The number of ether oxygens (including phenoxy) is 1. The Labute approximate surface area is 162 Å². The third kappa shape index (κ3) is 4.29. The van der Waals surface area contributed by atoms with Gasteiger partial charge in [-0.25, -0.2) is 13.8 Å². The molecular weight excluding hydrogens is 401 g/mol. The number of aromatic amines is 1. The highest BCUT2D eigenvalue weighted by atomic mass is 35.5. The lowest BCUT2D eigenvalue weighted by Crippen LogP contribution is -2.24. The van der Waals surface area contributed by atoms with Crippen LogP contribution in [0.25, 0.3) is 0 Å². The van der Waals surface area contributed by atoms with Crippen molar-refractivity contribution in [1.82, 2.24) is 15.3 Å². The number of aromatic nitrogens is 2. The molecule has 0 aliphatic rings. The van der Waals surface area contributed by atoms with Gasteiger partial charge in [-0.3, -0.25) is 4.79 Å². The molecule has 6 nitrogen and oxygen atoms in total. The molecule has 0 atom stereocenters. The number of hydrogen-bond acceptors (Lipinski definition) is 4. The molecule has 0 fully saturated rings. The van der Waals surface area contributed by atoms with E-state index < -0.39 is 17.5 Å². The van der Waals surface area contributed by atoms with Gasteiger partial charge in [-0.15, -0.1) is 0 Å². The first-order chi connectivity index (χ1) is 12.8. The van der Waals surface area contributed by atoms with Crippen LogP contribution in [0.4, 0.5) is 14.5 Å². The highest BCUT2D eigenvalue weighted by molar-refractivity contribution is 6.32. The summed E-state index contributed by atoms with van der Waals surface area (Å²) in [7, 11) is 0. The number of anilines is 1. The quantitative estimate of drug-likeness (QED) is 0.544. The molecule has 1 heterocycles. The first-order valence-corrected chi connectivity index (χ1v) is 8.28. The van der Waals surface area contributed by atoms with Crippen molar-refractivity contribution in [2.45, 2.75) is 6.54 Å². The molecule has 10 heteroatoms. The van der Waals surface area contributed by atoms with Gasteiger partial charge in [0, 0.05) is 29.9 Å². The van der Waals surface area contributed by atoms with Crippen LogP contribution in [0, 0.1) is 11.6 Å². The molecule has 3 aromatic rings. The van der Waals surface area contributed by atoms with E-state index in [2.05, 4.69) is 15.3 Å². The van der Waals surface area contributed by atoms with Gasteiger partial charge in [-0.1, -0.05) is 29.3 Å². The zero-order valence-electron chi connectivity index (χ0n) is 13.5. The number of nitrogen functional groups attached to an aromatic ring is 1. The van der Waals surface area contributed by atoms with E-state index in [1.54, 1.807) is 0 Å². The summed E-state index contributed by atoms with van der Waals surface area (Å²) in [6.45, 7) is -0.168. The highest BCUT2D eigenvalue weighted by Crippen LogP contribution is 2.34. The minimum atomic E-state index is -0.804. The van der Waals surface area contributed by atoms with Crippen LogP contribution in [-0.4, -0.2) is 15.9 Å². The molecule has 0 saturated carbocycles. The molecule has 0 spiro atoms. The lowest BCUT2D eigenvalue weighted by Gasteiger charge is -2.13. The van der Waals surface area contributed by atoms with E-state index >= 15 is 0 Å². The number of halogens is 4. The fraction of sp³-hybridized carbons (Fsp3) is 0.0588. The van der Waals surface area contributed by atoms with Gasteiger partial charge in [0.15, 0.2) is 16.7 Å². The molecule has 140 valence electrons. The summed E-state index contributed by atoms with van der Waals surface area (Å²) < 4.78 is 33.6. The summed E-state index contributed by atoms with van der Waals surface area (Å²) >= 11 is 11.7. The second kappa shape index (κ2) is 7.81. The summed E-state index contributed by atoms with van der Waals surface area (Å²) in [5, 5.41) is 2.47. The van der Waals surface area contributed by atoms with Crippen LogP contribution in [-0.2, 0) is 6.54 Å². The predicted octanol–water partition coefficient (Wildman–Crippen LogP) is 4.30. The molecule has 0 bridgehead atoms. The van der Waals surface area contributed by atoms with Crippen molar-refractivity contribution >= 4 is 34.8 Å². The van der Waals surface area contributed by atoms with Crippen LogP contribution < -0.4 is 15.8 Å². The van der Waals surface area contributed by atoms with Crippen LogP contribution in [0.1, 0.15) is 16.1 Å². The molecule has 4 N–H and O–H groups in total. The predicted molar refractivity (Wildman–Crippen MR) is 97.1 cm³/mol. The van der Waals surface area contributed by atoms with Gasteiger partial charge in [-0.2, -0.15) is 0 Å². The second-order valence-corrected chi connectivity index (χ2v) is 6.19. The first-order valence-electron chi connectivity index (χ1n) is 7.53. The van der Waals surface area contributed by atoms with E-state index in [4.69, 9.17) is 33.7 Å². The monoisotopic (exact) mass is 412 g/mol. The number of benzene rings is 2. The Kier molecular flexibility index (Phi) is 5.48. The van der Waals surface area contributed by atoms with Crippen molar-refractivity contribution < 1.29 is 18.3 Å². The minimum absolute atomic E-state index is 0.00297. The molecule has 0 unspecified atom stereocenters. The molecule has 0 aliphatic carbocycles. The highest BCUT2D eigenvalue weighted by Gasteiger charge is 2.18. The Morgan fingerprint density at radius 2 is 2.04 bits per heavy atom. The SMILES string of the molecule is Nc1cc(F)cc(Oc2c(Cl)ccc(CNC(=O)c3[nH]cnc3Cl)c2F)c1. The number of H-pyrrole nitrogens is 1. The fourth-order valence-electron chi connectivity index (χ4n) is 2.27. The van der Waals surface area contributed by atoms with E-state index in [0.29, 0.717) is 0 Å². The van der Waals surface area contributed by atoms with Gasteiger partial charge in [0.25, 0.3) is 5.91 Å². The number of nitrogens with zero attached hydrogens (tertiary/aromatic N) is 1. The van der Waals surface area contributed by atoms with Crippen molar-refractivity contribution in [3.8, 4) is 11.5 Å². The van der Waals surface area contributed by atoms with Crippen LogP contribution in [0.15, 0.2) is 36.7 Å². The van der Waals surface area contributed by atoms with E-state index in [0.717, 1.165) is 12.1 Å². The maximum absolute atomic E-state index is 14.8. The van der Waals surface area contributed by atoms with Gasteiger partial charge in [0.2, 0.25) is 0 Å². The Bertz CT molecular complexity index is 990. The molecular formula is C17H12Cl2F2N4O2. The van der Waals surface area contributed by atoms with Gasteiger partial charge >= 0.3 is 0 Å². The summed E-state index contributed by atoms with van der Waals surface area (Å²) in [5.74, 6) is -2.33. The van der Waals surface area contributed by atoms with Crippen molar-refractivity contribution in [2.24, 2.45) is 0 Å². The third-order valence-electron chi connectivity index (χ3n) is 3.50. The number of nitrogens with two attached hydrogens (primary N) is 1. The average molecular weight is 413 g/mol. The lowest BCUT2D eigenvalue weighted by molar-refractivity contribution is 0.0946. The van der Waals surface area contributed by atoms with Gasteiger partial charge in [0.05, 0.1) is 11.3 Å². The second-order valence-electron chi connectivity index (χ2n) is 5.42. The number of hydrogen-bond donors (Lipinski definition) is 3. The average Bonchev–Trinajstić information content (AvgIpc) is 3.03. The molecule has 2 aromatic carbocycles. The van der Waals surface area contributed by atoms with Crippen molar-refractivity contribution in [3.05, 3.63) is 69.7 Å². The molecule has 0 saturated heterocycles. The van der Waals surface area contributed by atoms with E-state index in [-0.39, 0.29) is 45.2 Å². The molecule has 3 rings (SSSR count). The van der Waals surface area contributed by atoms with Gasteiger partial charge in [0.1, 0.15) is 17.3 Å². The molecule has 27 heavy (non-hydrogen) atoms. The number of rotatable bonds is 5. The lowest BCUT2D eigenvalue weighted by atomic mass is 10.2. The van der Waals surface area contributed by atoms with Crippen LogP contribution in [0.2, 0.25) is 10.2 Å². The Balaban J connectivity index is 1.81.